The van der Waals surface area contributed by atoms with Crippen molar-refractivity contribution in [3.8, 4) is 5.69 Å². The minimum absolute atomic E-state index is 0.0399. The molecule has 3 heterocycles. The molecule has 1 aliphatic heterocycles. The summed E-state index contributed by atoms with van der Waals surface area (Å²) in [6, 6.07) is 13.4. The van der Waals surface area contributed by atoms with Gasteiger partial charge in [-0.1, -0.05) is 12.1 Å². The second-order valence-corrected chi connectivity index (χ2v) is 5.83. The van der Waals surface area contributed by atoms with Crippen molar-refractivity contribution in [1.82, 2.24) is 24.6 Å². The molecular formula is C18H17N5O. The van der Waals surface area contributed by atoms with Gasteiger partial charge >= 0.3 is 0 Å². The van der Waals surface area contributed by atoms with Gasteiger partial charge in [-0.2, -0.15) is 0 Å². The Labute approximate surface area is 139 Å². The van der Waals surface area contributed by atoms with Gasteiger partial charge in [-0.15, -0.1) is 10.2 Å². The van der Waals surface area contributed by atoms with Gasteiger partial charge in [0.1, 0.15) is 12.7 Å². The molecule has 1 aliphatic rings. The van der Waals surface area contributed by atoms with E-state index in [4.69, 9.17) is 0 Å². The van der Waals surface area contributed by atoms with Crippen molar-refractivity contribution < 1.29 is 4.79 Å². The van der Waals surface area contributed by atoms with Crippen LogP contribution in [0, 0.1) is 0 Å². The molecule has 0 radical (unpaired) electrons. The predicted octanol–water partition coefficient (Wildman–Crippen LogP) is 2.64. The second-order valence-electron chi connectivity index (χ2n) is 5.83. The molecule has 0 spiro atoms. The zero-order valence-electron chi connectivity index (χ0n) is 13.1. The van der Waals surface area contributed by atoms with Crippen molar-refractivity contribution in [1.29, 1.82) is 0 Å². The standard InChI is InChI=1S/C18H17N5O/c24-18(14-5-3-6-15(11-14)22-12-20-21-13-22)23-10-4-8-17(23)16-7-1-2-9-19-16/h1-3,5-7,9,11-13,17H,4,8,10H2. The van der Waals surface area contributed by atoms with E-state index in [0.717, 1.165) is 30.8 Å². The van der Waals surface area contributed by atoms with E-state index >= 15 is 0 Å². The van der Waals surface area contributed by atoms with Crippen molar-refractivity contribution in [3.05, 3.63) is 72.6 Å². The molecule has 4 rings (SSSR count). The minimum atomic E-state index is 0.0399. The average Bonchev–Trinajstić information content (AvgIpc) is 3.34. The van der Waals surface area contributed by atoms with Crippen molar-refractivity contribution in [2.75, 3.05) is 6.54 Å². The van der Waals surface area contributed by atoms with E-state index in [1.807, 2.05) is 47.4 Å². The summed E-state index contributed by atoms with van der Waals surface area (Å²) >= 11 is 0. The molecule has 2 aromatic heterocycles. The number of carbonyl (C=O) groups excluding carboxylic acids is 1. The summed E-state index contributed by atoms with van der Waals surface area (Å²) in [5.41, 5.74) is 2.50. The van der Waals surface area contributed by atoms with Crippen LogP contribution in [0.3, 0.4) is 0 Å². The molecular weight excluding hydrogens is 302 g/mol. The fourth-order valence-electron chi connectivity index (χ4n) is 3.19. The molecule has 1 amide bonds. The van der Waals surface area contributed by atoms with Gasteiger partial charge in [-0.05, 0) is 43.2 Å². The maximum absolute atomic E-state index is 13.0. The number of benzene rings is 1. The Bertz CT molecular complexity index is 832. The van der Waals surface area contributed by atoms with E-state index in [0.29, 0.717) is 5.56 Å². The fraction of sp³-hybridized carbons (Fsp3) is 0.222. The smallest absolute Gasteiger partial charge is 0.254 e. The molecule has 1 fully saturated rings. The van der Waals surface area contributed by atoms with Crippen LogP contribution >= 0.6 is 0 Å². The Morgan fingerprint density at radius 1 is 1.08 bits per heavy atom. The molecule has 1 unspecified atom stereocenters. The van der Waals surface area contributed by atoms with E-state index < -0.39 is 0 Å². The monoisotopic (exact) mass is 319 g/mol. The van der Waals surface area contributed by atoms with Crippen molar-refractivity contribution in [3.63, 3.8) is 0 Å². The molecule has 24 heavy (non-hydrogen) atoms. The Hall–Kier alpha value is -3.02. The van der Waals surface area contributed by atoms with E-state index in [1.165, 1.54) is 0 Å². The molecule has 3 aromatic rings. The van der Waals surface area contributed by atoms with Gasteiger partial charge in [0, 0.05) is 24.0 Å². The highest BCUT2D eigenvalue weighted by Gasteiger charge is 2.31. The van der Waals surface area contributed by atoms with Gasteiger partial charge in [-0.25, -0.2) is 0 Å². The Morgan fingerprint density at radius 2 is 1.96 bits per heavy atom. The molecule has 1 saturated heterocycles. The SMILES string of the molecule is O=C(c1cccc(-n2cnnc2)c1)N1CCCC1c1ccccn1. The lowest BCUT2D eigenvalue weighted by atomic mass is 10.1. The third kappa shape index (κ3) is 2.67. The lowest BCUT2D eigenvalue weighted by molar-refractivity contribution is 0.0733. The topological polar surface area (TPSA) is 63.9 Å². The first-order valence-electron chi connectivity index (χ1n) is 8.00. The first-order chi connectivity index (χ1) is 11.8. The van der Waals surface area contributed by atoms with Gasteiger partial charge in [-0.3, -0.25) is 14.3 Å². The first kappa shape index (κ1) is 14.6. The van der Waals surface area contributed by atoms with Crippen LogP contribution in [0.2, 0.25) is 0 Å². The van der Waals surface area contributed by atoms with Crippen LogP contribution in [-0.2, 0) is 0 Å². The van der Waals surface area contributed by atoms with Crippen molar-refractivity contribution >= 4 is 5.91 Å². The lowest BCUT2D eigenvalue weighted by Crippen LogP contribution is -2.31. The predicted molar refractivity (Wildman–Crippen MR) is 88.6 cm³/mol. The van der Waals surface area contributed by atoms with E-state index in [2.05, 4.69) is 15.2 Å². The molecule has 1 aromatic carbocycles. The molecule has 0 saturated carbocycles. The van der Waals surface area contributed by atoms with E-state index in [9.17, 15) is 4.79 Å². The van der Waals surface area contributed by atoms with Crippen LogP contribution in [0.25, 0.3) is 5.69 Å². The van der Waals surface area contributed by atoms with Gasteiger partial charge in [0.05, 0.1) is 11.7 Å². The third-order valence-electron chi connectivity index (χ3n) is 4.35. The van der Waals surface area contributed by atoms with Crippen LogP contribution in [0.1, 0.15) is 34.9 Å². The number of amides is 1. The largest absolute Gasteiger partial charge is 0.330 e. The number of rotatable bonds is 3. The lowest BCUT2D eigenvalue weighted by Gasteiger charge is -2.24. The maximum atomic E-state index is 13.0. The van der Waals surface area contributed by atoms with Gasteiger partial charge in [0.2, 0.25) is 0 Å². The summed E-state index contributed by atoms with van der Waals surface area (Å²) in [4.78, 5) is 19.4. The highest BCUT2D eigenvalue weighted by Crippen LogP contribution is 2.32. The van der Waals surface area contributed by atoms with Gasteiger partial charge in [0.15, 0.2) is 0 Å². The zero-order valence-corrected chi connectivity index (χ0v) is 13.1. The normalized spacial score (nSPS) is 17.2. The first-order valence-corrected chi connectivity index (χ1v) is 8.00. The summed E-state index contributed by atoms with van der Waals surface area (Å²) in [6.07, 6.45) is 6.97. The molecule has 120 valence electrons. The fourth-order valence-corrected chi connectivity index (χ4v) is 3.19. The summed E-state index contributed by atoms with van der Waals surface area (Å²) in [7, 11) is 0. The number of likely N-dealkylation sites (tertiary alicyclic amines) is 1. The Balaban J connectivity index is 1.62. The molecule has 0 N–H and O–H groups in total. The average molecular weight is 319 g/mol. The number of hydrogen-bond donors (Lipinski definition) is 0. The molecule has 6 nitrogen and oxygen atoms in total. The molecule has 0 aliphatic carbocycles. The highest BCUT2D eigenvalue weighted by molar-refractivity contribution is 5.95. The number of aromatic nitrogens is 4. The quantitative estimate of drug-likeness (QED) is 0.744. The molecule has 0 bridgehead atoms. The van der Waals surface area contributed by atoms with E-state index in [-0.39, 0.29) is 11.9 Å². The van der Waals surface area contributed by atoms with Crippen LogP contribution in [0.5, 0.6) is 0 Å². The third-order valence-corrected chi connectivity index (χ3v) is 4.35. The molecule has 6 heteroatoms. The Kier molecular flexibility index (Phi) is 3.78. The summed E-state index contributed by atoms with van der Waals surface area (Å²) in [6.45, 7) is 0.761. The second kappa shape index (κ2) is 6.23. The van der Waals surface area contributed by atoms with Gasteiger partial charge in [0.25, 0.3) is 5.91 Å². The zero-order chi connectivity index (χ0) is 16.4. The molecule has 1 atom stereocenters. The minimum Gasteiger partial charge on any atom is -0.330 e. The number of carbonyl (C=O) groups is 1. The van der Waals surface area contributed by atoms with E-state index in [1.54, 1.807) is 23.4 Å². The van der Waals surface area contributed by atoms with Crippen molar-refractivity contribution in [2.24, 2.45) is 0 Å². The number of nitrogens with zero attached hydrogens (tertiary/aromatic N) is 5. The van der Waals surface area contributed by atoms with Crippen LogP contribution in [-0.4, -0.2) is 37.1 Å². The number of hydrogen-bond acceptors (Lipinski definition) is 4. The van der Waals surface area contributed by atoms with Crippen LogP contribution in [0.15, 0.2) is 61.3 Å². The maximum Gasteiger partial charge on any atom is 0.254 e. The number of pyridine rings is 1. The highest BCUT2D eigenvalue weighted by atomic mass is 16.2. The Morgan fingerprint density at radius 3 is 2.75 bits per heavy atom. The van der Waals surface area contributed by atoms with Crippen molar-refractivity contribution in [2.45, 2.75) is 18.9 Å². The van der Waals surface area contributed by atoms with Gasteiger partial charge < -0.3 is 4.90 Å². The summed E-state index contributed by atoms with van der Waals surface area (Å²) in [5, 5.41) is 7.62. The van der Waals surface area contributed by atoms with Crippen LogP contribution < -0.4 is 0 Å². The van der Waals surface area contributed by atoms with Crippen LogP contribution in [0.4, 0.5) is 0 Å². The summed E-state index contributed by atoms with van der Waals surface area (Å²) < 4.78 is 1.79. The summed E-state index contributed by atoms with van der Waals surface area (Å²) in [5.74, 6) is 0.0399.